The smallest absolute Gasteiger partial charge is 0.133 e. The second-order valence-corrected chi connectivity index (χ2v) is 16.0. The van der Waals surface area contributed by atoms with E-state index < -0.39 is 5.54 Å². The average Bonchev–Trinajstić information content (AvgIpc) is 3.80. The number of anilines is 1. The van der Waals surface area contributed by atoms with Gasteiger partial charge in [-0.15, -0.1) is 0 Å². The van der Waals surface area contributed by atoms with Gasteiger partial charge < -0.3 is 14.8 Å². The number of nitrogens with zero attached hydrogens (tertiary/aromatic N) is 3. The molecule has 6 aromatic rings. The quantitative estimate of drug-likeness (QED) is 0.185. The van der Waals surface area contributed by atoms with Crippen molar-refractivity contribution < 1.29 is 0 Å². The first-order valence-electron chi connectivity index (χ1n) is 20.4. The maximum absolute atomic E-state index is 5.63. The molecule has 0 saturated heterocycles. The summed E-state index contributed by atoms with van der Waals surface area (Å²) in [7, 11) is 0. The van der Waals surface area contributed by atoms with Gasteiger partial charge in [-0.3, -0.25) is 4.99 Å². The molecule has 2 aliphatic heterocycles. The Bertz CT molecular complexity index is 2770. The minimum atomic E-state index is -0.702. The van der Waals surface area contributed by atoms with Gasteiger partial charge in [0.1, 0.15) is 11.4 Å². The Morgan fingerprint density at radius 3 is 2.18 bits per heavy atom. The SMILES string of the molecule is CC1(c2cc(N3C4=C(CCC=C4)C4C=CC=CC43)cc(-n3c4ccccc4c4ccccc43)c2)C=C(c2ccc(C3C=CC=CC3)cc2)NC(c2ccccc2)=N1. The molecule has 4 heteroatoms. The number of rotatable bonds is 6. The van der Waals surface area contributed by atoms with Crippen LogP contribution in [0.2, 0.25) is 0 Å². The van der Waals surface area contributed by atoms with Gasteiger partial charge in [0.15, 0.2) is 0 Å². The summed E-state index contributed by atoms with van der Waals surface area (Å²) >= 11 is 0. The molecule has 3 aliphatic carbocycles. The normalized spacial score (nSPS) is 23.5. The Labute approximate surface area is 334 Å². The molecule has 5 aromatic carbocycles. The van der Waals surface area contributed by atoms with E-state index in [1.165, 1.54) is 44.3 Å². The van der Waals surface area contributed by atoms with Gasteiger partial charge in [0.25, 0.3) is 0 Å². The Morgan fingerprint density at radius 2 is 1.40 bits per heavy atom. The van der Waals surface area contributed by atoms with Crippen LogP contribution in [-0.2, 0) is 5.54 Å². The number of para-hydroxylation sites is 2. The number of nitrogens with one attached hydrogen (secondary N) is 1. The van der Waals surface area contributed by atoms with Gasteiger partial charge in [-0.1, -0.05) is 146 Å². The maximum Gasteiger partial charge on any atom is 0.133 e. The minimum Gasteiger partial charge on any atom is -0.340 e. The van der Waals surface area contributed by atoms with Crippen molar-refractivity contribution in [2.45, 2.75) is 43.7 Å². The van der Waals surface area contributed by atoms with Gasteiger partial charge in [0.2, 0.25) is 0 Å². The number of allylic oxidation sites excluding steroid dienone is 8. The average molecular weight is 737 g/mol. The highest BCUT2D eigenvalue weighted by Crippen LogP contribution is 2.47. The molecule has 0 bridgehead atoms. The van der Waals surface area contributed by atoms with Crippen molar-refractivity contribution in [3.8, 4) is 5.69 Å². The first-order valence-corrected chi connectivity index (χ1v) is 20.4. The summed E-state index contributed by atoms with van der Waals surface area (Å²) in [6, 6.07) is 44.7. The van der Waals surface area contributed by atoms with Crippen LogP contribution in [0.25, 0.3) is 33.2 Å². The highest BCUT2D eigenvalue weighted by Gasteiger charge is 2.40. The van der Waals surface area contributed by atoms with E-state index in [0.717, 1.165) is 53.2 Å². The molecule has 11 rings (SSSR count). The van der Waals surface area contributed by atoms with Crippen LogP contribution in [0.15, 0.2) is 204 Å². The predicted octanol–water partition coefficient (Wildman–Crippen LogP) is 12.2. The monoisotopic (exact) mass is 736 g/mol. The lowest BCUT2D eigenvalue weighted by Crippen LogP contribution is -2.35. The van der Waals surface area contributed by atoms with Gasteiger partial charge in [0.05, 0.1) is 17.1 Å². The molecular weight excluding hydrogens is 693 g/mol. The van der Waals surface area contributed by atoms with Gasteiger partial charge in [0, 0.05) is 50.9 Å². The predicted molar refractivity (Wildman–Crippen MR) is 238 cm³/mol. The van der Waals surface area contributed by atoms with E-state index in [2.05, 4.69) is 210 Å². The first kappa shape index (κ1) is 33.7. The van der Waals surface area contributed by atoms with Crippen LogP contribution < -0.4 is 10.2 Å². The van der Waals surface area contributed by atoms with Crippen LogP contribution in [0.1, 0.15) is 54.4 Å². The standard InChI is InChI=1S/C53H44N4/c1-53(35-47(54-52(55-53)39-18-6-3-7-19-39)38-30-28-37(29-31-38)36-16-4-2-5-17-36)40-32-41(56-48-24-12-8-20-43(48)44-21-9-13-25-49(44)56)34-42(33-40)57-50-26-14-10-22-45(50)46-23-11-15-27-51(46)57/h2-10,12-16,18-22,24-36,45,50H,11,17,23H2,1H3,(H,54,55). The molecule has 1 N–H and O–H groups in total. The number of aromatic nitrogens is 1. The third-order valence-corrected chi connectivity index (χ3v) is 12.6. The van der Waals surface area contributed by atoms with E-state index in [4.69, 9.17) is 4.99 Å². The Kier molecular flexibility index (Phi) is 7.99. The second-order valence-electron chi connectivity index (χ2n) is 16.0. The molecule has 0 saturated carbocycles. The molecule has 57 heavy (non-hydrogen) atoms. The topological polar surface area (TPSA) is 32.6 Å². The van der Waals surface area contributed by atoms with E-state index in [0.29, 0.717) is 11.8 Å². The lowest BCUT2D eigenvalue weighted by Gasteiger charge is -2.34. The van der Waals surface area contributed by atoms with Crippen molar-refractivity contribution in [3.05, 3.63) is 222 Å². The first-order chi connectivity index (χ1) is 28.1. The Balaban J connectivity index is 1.13. The molecule has 0 spiro atoms. The van der Waals surface area contributed by atoms with Crippen LogP contribution in [0, 0.1) is 5.92 Å². The number of aliphatic imine (C=N–C) groups is 1. The van der Waals surface area contributed by atoms with Crippen LogP contribution in [0.5, 0.6) is 0 Å². The van der Waals surface area contributed by atoms with Gasteiger partial charge >= 0.3 is 0 Å². The molecule has 5 aliphatic rings. The molecule has 0 radical (unpaired) electrons. The third kappa shape index (κ3) is 5.70. The summed E-state index contributed by atoms with van der Waals surface area (Å²) in [4.78, 5) is 8.23. The summed E-state index contributed by atoms with van der Waals surface area (Å²) in [5, 5.41) is 6.29. The van der Waals surface area contributed by atoms with Gasteiger partial charge in [-0.2, -0.15) is 0 Å². The van der Waals surface area contributed by atoms with Crippen LogP contribution in [-0.4, -0.2) is 16.4 Å². The molecular formula is C53H44N4. The van der Waals surface area contributed by atoms with E-state index >= 15 is 0 Å². The zero-order valence-electron chi connectivity index (χ0n) is 32.1. The zero-order valence-corrected chi connectivity index (χ0v) is 32.1. The number of benzene rings is 5. The number of amidine groups is 1. The van der Waals surface area contributed by atoms with E-state index in [9.17, 15) is 0 Å². The molecule has 4 nitrogen and oxygen atoms in total. The fraction of sp³-hybridized carbons (Fsp3) is 0.151. The van der Waals surface area contributed by atoms with Crippen LogP contribution in [0.3, 0.4) is 0 Å². The molecule has 0 amide bonds. The van der Waals surface area contributed by atoms with E-state index in [1.54, 1.807) is 0 Å². The second kappa shape index (κ2) is 13.5. The van der Waals surface area contributed by atoms with Crippen LogP contribution in [0.4, 0.5) is 5.69 Å². The fourth-order valence-corrected chi connectivity index (χ4v) is 9.74. The lowest BCUT2D eigenvalue weighted by atomic mass is 9.86. The largest absolute Gasteiger partial charge is 0.340 e. The molecule has 4 unspecified atom stereocenters. The van der Waals surface area contributed by atoms with Crippen molar-refractivity contribution in [2.75, 3.05) is 4.90 Å². The molecule has 3 heterocycles. The zero-order chi connectivity index (χ0) is 37.9. The van der Waals surface area contributed by atoms with Crippen molar-refractivity contribution in [1.82, 2.24) is 9.88 Å². The third-order valence-electron chi connectivity index (χ3n) is 12.6. The summed E-state index contributed by atoms with van der Waals surface area (Å²) in [5.74, 6) is 1.63. The molecule has 0 fully saturated rings. The molecule has 4 atom stereocenters. The summed E-state index contributed by atoms with van der Waals surface area (Å²) in [5.41, 5.74) is 12.6. The minimum absolute atomic E-state index is 0.215. The number of hydrogen-bond donors (Lipinski definition) is 1. The number of fused-ring (bicyclic) bond motifs is 5. The summed E-state index contributed by atoms with van der Waals surface area (Å²) in [6.07, 6.45) is 28.4. The van der Waals surface area contributed by atoms with Crippen molar-refractivity contribution >= 4 is 39.0 Å². The molecule has 276 valence electrons. The lowest BCUT2D eigenvalue weighted by molar-refractivity contribution is 0.620. The van der Waals surface area contributed by atoms with Crippen molar-refractivity contribution in [1.29, 1.82) is 0 Å². The van der Waals surface area contributed by atoms with Crippen molar-refractivity contribution in [2.24, 2.45) is 10.9 Å². The van der Waals surface area contributed by atoms with Crippen molar-refractivity contribution in [3.63, 3.8) is 0 Å². The molecule has 1 aromatic heterocycles. The van der Waals surface area contributed by atoms with E-state index in [-0.39, 0.29) is 6.04 Å². The van der Waals surface area contributed by atoms with Crippen LogP contribution >= 0.6 is 0 Å². The fourth-order valence-electron chi connectivity index (χ4n) is 9.74. The summed E-state index contributed by atoms with van der Waals surface area (Å²) < 4.78 is 2.46. The highest BCUT2D eigenvalue weighted by molar-refractivity contribution is 6.09. The highest BCUT2D eigenvalue weighted by atomic mass is 15.2. The number of hydrogen-bond acceptors (Lipinski definition) is 3. The van der Waals surface area contributed by atoms with Gasteiger partial charge in [-0.05, 0) is 90.9 Å². The van der Waals surface area contributed by atoms with Gasteiger partial charge in [-0.25, -0.2) is 0 Å². The summed E-state index contributed by atoms with van der Waals surface area (Å²) in [6.45, 7) is 2.28. The maximum atomic E-state index is 5.63. The Morgan fingerprint density at radius 1 is 0.684 bits per heavy atom. The Hall–Kier alpha value is -6.65. The van der Waals surface area contributed by atoms with E-state index in [1.807, 2.05) is 0 Å².